The van der Waals surface area contributed by atoms with E-state index in [4.69, 9.17) is 4.42 Å². The van der Waals surface area contributed by atoms with Gasteiger partial charge in [0.05, 0.1) is 18.4 Å². The van der Waals surface area contributed by atoms with Crippen LogP contribution < -0.4 is 15.1 Å². The van der Waals surface area contributed by atoms with Crippen molar-refractivity contribution < 1.29 is 9.21 Å². The van der Waals surface area contributed by atoms with Crippen LogP contribution in [0, 0.1) is 0 Å². The Morgan fingerprint density at radius 2 is 2.03 bits per heavy atom. The number of benzene rings is 1. The van der Waals surface area contributed by atoms with E-state index < -0.39 is 0 Å². The highest BCUT2D eigenvalue weighted by Gasteiger charge is 2.28. The molecule has 2 aliphatic rings. The fourth-order valence-electron chi connectivity index (χ4n) is 4.66. The number of carbonyl (C=O) groups excluding carboxylic acids is 1. The molecule has 4 heterocycles. The fourth-order valence-corrected chi connectivity index (χ4v) is 4.66. The van der Waals surface area contributed by atoms with Gasteiger partial charge in [-0.3, -0.25) is 4.79 Å². The molecule has 6 heteroatoms. The van der Waals surface area contributed by atoms with E-state index in [1.54, 1.807) is 12.3 Å². The smallest absolute Gasteiger partial charge is 0.255 e. The molecule has 31 heavy (non-hydrogen) atoms. The second kappa shape index (κ2) is 8.46. The number of fused-ring (bicyclic) bond motifs is 1. The topological polar surface area (TPSA) is 61.6 Å². The predicted molar refractivity (Wildman–Crippen MR) is 121 cm³/mol. The van der Waals surface area contributed by atoms with Gasteiger partial charge in [-0.2, -0.15) is 0 Å². The molecule has 6 nitrogen and oxygen atoms in total. The van der Waals surface area contributed by atoms with Crippen LogP contribution in [-0.4, -0.2) is 30.0 Å². The molecule has 1 saturated heterocycles. The molecule has 1 atom stereocenters. The van der Waals surface area contributed by atoms with Gasteiger partial charge in [0.2, 0.25) is 0 Å². The van der Waals surface area contributed by atoms with Gasteiger partial charge >= 0.3 is 0 Å². The summed E-state index contributed by atoms with van der Waals surface area (Å²) in [6.45, 7) is 5.38. The lowest BCUT2D eigenvalue weighted by Gasteiger charge is -2.24. The highest BCUT2D eigenvalue weighted by Crippen LogP contribution is 2.33. The Morgan fingerprint density at radius 3 is 2.90 bits per heavy atom. The summed E-state index contributed by atoms with van der Waals surface area (Å²) in [6.07, 6.45) is 6.87. The van der Waals surface area contributed by atoms with E-state index >= 15 is 0 Å². The van der Waals surface area contributed by atoms with Crippen molar-refractivity contribution >= 4 is 17.4 Å². The van der Waals surface area contributed by atoms with Crippen molar-refractivity contribution in [1.82, 2.24) is 10.3 Å². The lowest BCUT2D eigenvalue weighted by Crippen LogP contribution is -2.30. The first kappa shape index (κ1) is 19.7. The van der Waals surface area contributed by atoms with E-state index in [0.717, 1.165) is 30.9 Å². The highest BCUT2D eigenvalue weighted by molar-refractivity contribution is 5.95. The zero-order valence-electron chi connectivity index (χ0n) is 17.9. The van der Waals surface area contributed by atoms with Gasteiger partial charge in [0.25, 0.3) is 5.91 Å². The minimum absolute atomic E-state index is 0.108. The lowest BCUT2D eigenvalue weighted by molar-refractivity contribution is 0.0949. The minimum Gasteiger partial charge on any atom is -0.467 e. The monoisotopic (exact) mass is 416 g/mol. The number of hydrogen-bond donors (Lipinski definition) is 1. The molecular weight excluding hydrogens is 388 g/mol. The third-order valence-electron chi connectivity index (χ3n) is 6.35. The van der Waals surface area contributed by atoms with Gasteiger partial charge in [-0.1, -0.05) is 18.2 Å². The van der Waals surface area contributed by atoms with Gasteiger partial charge in [-0.15, -0.1) is 0 Å². The van der Waals surface area contributed by atoms with Crippen molar-refractivity contribution in [2.45, 2.75) is 45.3 Å². The van der Waals surface area contributed by atoms with Crippen molar-refractivity contribution in [3.63, 3.8) is 0 Å². The van der Waals surface area contributed by atoms with E-state index in [0.29, 0.717) is 30.5 Å². The first-order valence-corrected chi connectivity index (χ1v) is 11.1. The van der Waals surface area contributed by atoms with Gasteiger partial charge in [0, 0.05) is 37.6 Å². The summed E-state index contributed by atoms with van der Waals surface area (Å²) in [6, 6.07) is 14.6. The zero-order valence-corrected chi connectivity index (χ0v) is 17.9. The summed E-state index contributed by atoms with van der Waals surface area (Å²) in [4.78, 5) is 22.0. The van der Waals surface area contributed by atoms with Crippen molar-refractivity contribution in [1.29, 1.82) is 0 Å². The van der Waals surface area contributed by atoms with Gasteiger partial charge in [0.15, 0.2) is 0 Å². The number of furan rings is 1. The molecule has 0 radical (unpaired) electrons. The quantitative estimate of drug-likeness (QED) is 0.654. The van der Waals surface area contributed by atoms with Crippen LogP contribution >= 0.6 is 0 Å². The van der Waals surface area contributed by atoms with Gasteiger partial charge in [-0.25, -0.2) is 4.98 Å². The van der Waals surface area contributed by atoms with Crippen LogP contribution in [0.4, 0.5) is 11.5 Å². The third kappa shape index (κ3) is 4.02. The average Bonchev–Trinajstić information content (AvgIpc) is 3.54. The summed E-state index contributed by atoms with van der Waals surface area (Å²) < 4.78 is 5.73. The molecule has 1 N–H and O–H groups in total. The number of nitrogens with zero attached hydrogens (tertiary/aromatic N) is 3. The number of anilines is 2. The fraction of sp³-hybridized carbons (Fsp3) is 0.360. The Hall–Kier alpha value is -3.28. The Kier molecular flexibility index (Phi) is 5.37. The molecule has 160 valence electrons. The molecule has 1 unspecified atom stereocenters. The third-order valence-corrected chi connectivity index (χ3v) is 6.35. The summed E-state index contributed by atoms with van der Waals surface area (Å²) in [7, 11) is 0. The van der Waals surface area contributed by atoms with Gasteiger partial charge in [-0.05, 0) is 61.6 Å². The normalized spacial score (nSPS) is 17.8. The SMILES string of the molecule is CC1Cc2ccccc2N1Cc1occc1C(=O)NCc1ccnc(N2CCCC2)c1. The first-order valence-electron chi connectivity index (χ1n) is 11.1. The zero-order chi connectivity index (χ0) is 21.2. The number of pyridine rings is 1. The molecule has 1 amide bonds. The number of amides is 1. The van der Waals surface area contributed by atoms with E-state index in [1.165, 1.54) is 24.1 Å². The molecule has 0 bridgehead atoms. The molecule has 2 aromatic heterocycles. The summed E-state index contributed by atoms with van der Waals surface area (Å²) in [5.41, 5.74) is 4.23. The second-order valence-corrected chi connectivity index (χ2v) is 8.47. The maximum Gasteiger partial charge on any atom is 0.255 e. The Morgan fingerprint density at radius 1 is 1.19 bits per heavy atom. The van der Waals surface area contributed by atoms with Crippen molar-refractivity contribution in [3.8, 4) is 0 Å². The van der Waals surface area contributed by atoms with Crippen LogP contribution in [0.2, 0.25) is 0 Å². The molecule has 1 aromatic carbocycles. The molecule has 5 rings (SSSR count). The van der Waals surface area contributed by atoms with Crippen molar-refractivity contribution in [2.24, 2.45) is 0 Å². The summed E-state index contributed by atoms with van der Waals surface area (Å²) in [5.74, 6) is 1.59. The lowest BCUT2D eigenvalue weighted by atomic mass is 10.1. The number of nitrogens with one attached hydrogen (secondary N) is 1. The number of carbonyl (C=O) groups is 1. The van der Waals surface area contributed by atoms with E-state index in [9.17, 15) is 4.79 Å². The second-order valence-electron chi connectivity index (χ2n) is 8.47. The van der Waals surface area contributed by atoms with E-state index in [2.05, 4.69) is 57.4 Å². The highest BCUT2D eigenvalue weighted by atomic mass is 16.3. The largest absolute Gasteiger partial charge is 0.467 e. The Labute approximate surface area is 182 Å². The van der Waals surface area contributed by atoms with Gasteiger partial charge < -0.3 is 19.5 Å². The van der Waals surface area contributed by atoms with E-state index in [1.807, 2.05) is 12.3 Å². The molecule has 2 aliphatic heterocycles. The maximum atomic E-state index is 12.9. The molecular formula is C25H28N4O2. The average molecular weight is 417 g/mol. The molecule has 0 spiro atoms. The Balaban J connectivity index is 1.26. The number of hydrogen-bond acceptors (Lipinski definition) is 5. The number of rotatable bonds is 6. The molecule has 0 saturated carbocycles. The standard InChI is InChI=1S/C25H28N4O2/c1-18-14-20-6-2-3-7-22(20)29(18)17-23-21(9-13-31-23)25(30)27-16-19-8-10-26-24(15-19)28-11-4-5-12-28/h2-3,6-10,13,15,18H,4-5,11-12,14,16-17H2,1H3,(H,27,30). The van der Waals surface area contributed by atoms with E-state index in [-0.39, 0.29) is 5.91 Å². The first-order chi connectivity index (χ1) is 15.2. The molecule has 3 aromatic rings. The van der Waals surface area contributed by atoms with Crippen LogP contribution in [0.5, 0.6) is 0 Å². The van der Waals surface area contributed by atoms with Crippen LogP contribution in [-0.2, 0) is 19.5 Å². The predicted octanol–water partition coefficient (Wildman–Crippen LogP) is 4.16. The van der Waals surface area contributed by atoms with Crippen LogP contribution in [0.1, 0.15) is 47.0 Å². The maximum absolute atomic E-state index is 12.9. The minimum atomic E-state index is -0.108. The number of aromatic nitrogens is 1. The molecule has 0 aliphatic carbocycles. The van der Waals surface area contributed by atoms with Crippen LogP contribution in [0.25, 0.3) is 0 Å². The molecule has 1 fully saturated rings. The van der Waals surface area contributed by atoms with Crippen LogP contribution in [0.3, 0.4) is 0 Å². The van der Waals surface area contributed by atoms with Gasteiger partial charge in [0.1, 0.15) is 11.6 Å². The van der Waals surface area contributed by atoms with Crippen LogP contribution in [0.15, 0.2) is 59.3 Å². The summed E-state index contributed by atoms with van der Waals surface area (Å²) in [5, 5.41) is 3.05. The Bertz CT molecular complexity index is 1070. The number of para-hydroxylation sites is 1. The summed E-state index contributed by atoms with van der Waals surface area (Å²) >= 11 is 0. The van der Waals surface area contributed by atoms with Crippen molar-refractivity contribution in [3.05, 3.63) is 77.4 Å². The van der Waals surface area contributed by atoms with Crippen molar-refractivity contribution in [2.75, 3.05) is 22.9 Å².